The quantitative estimate of drug-likeness (QED) is 0.838. The van der Waals surface area contributed by atoms with Crippen LogP contribution in [0.3, 0.4) is 0 Å². The molecule has 1 amide bonds. The van der Waals surface area contributed by atoms with Crippen molar-refractivity contribution in [1.29, 1.82) is 0 Å². The molecule has 142 valence electrons. The van der Waals surface area contributed by atoms with Gasteiger partial charge in [-0.3, -0.25) is 9.69 Å². The Morgan fingerprint density at radius 2 is 2.23 bits per heavy atom. The van der Waals surface area contributed by atoms with Gasteiger partial charge in [0.05, 0.1) is 18.4 Å². The zero-order chi connectivity index (χ0) is 18.7. The number of hydrogen-bond acceptors (Lipinski definition) is 6. The SMILES string of the molecule is Cc1ccc(-c2nc(C)c(C(=O)NCC3CN(CC(C)C)CCO3)s2)o1. The third-order valence-corrected chi connectivity index (χ3v) is 5.46. The molecule has 26 heavy (non-hydrogen) atoms. The van der Waals surface area contributed by atoms with Crippen LogP contribution in [0.15, 0.2) is 16.5 Å². The highest BCUT2D eigenvalue weighted by Gasteiger charge is 2.23. The summed E-state index contributed by atoms with van der Waals surface area (Å²) < 4.78 is 11.4. The maximum atomic E-state index is 12.6. The molecule has 1 N–H and O–H groups in total. The van der Waals surface area contributed by atoms with Crippen LogP contribution in [-0.4, -0.2) is 54.7 Å². The van der Waals surface area contributed by atoms with Crippen molar-refractivity contribution in [3.05, 3.63) is 28.5 Å². The summed E-state index contributed by atoms with van der Waals surface area (Å²) in [5.74, 6) is 2.07. The van der Waals surface area contributed by atoms with Crippen LogP contribution in [0.25, 0.3) is 10.8 Å². The molecule has 1 unspecified atom stereocenters. The van der Waals surface area contributed by atoms with Crippen LogP contribution >= 0.6 is 11.3 Å². The first-order valence-electron chi connectivity index (χ1n) is 9.08. The molecule has 6 nitrogen and oxygen atoms in total. The smallest absolute Gasteiger partial charge is 0.263 e. The van der Waals surface area contributed by atoms with Gasteiger partial charge in [-0.15, -0.1) is 11.3 Å². The monoisotopic (exact) mass is 377 g/mol. The highest BCUT2D eigenvalue weighted by molar-refractivity contribution is 7.17. The molecule has 0 spiro atoms. The number of aromatic nitrogens is 1. The standard InChI is InChI=1S/C19H27N3O3S/c1-12(2)10-22-7-8-24-15(11-22)9-20-18(23)17-14(4)21-19(26-17)16-6-5-13(3)25-16/h5-6,12,15H,7-11H2,1-4H3,(H,20,23). The van der Waals surface area contributed by atoms with Crippen molar-refractivity contribution in [2.45, 2.75) is 33.8 Å². The van der Waals surface area contributed by atoms with Gasteiger partial charge in [-0.25, -0.2) is 4.98 Å². The summed E-state index contributed by atoms with van der Waals surface area (Å²) in [6, 6.07) is 3.78. The molecule has 1 atom stereocenters. The molecule has 2 aromatic heterocycles. The predicted octanol–water partition coefficient (Wildman–Crippen LogP) is 3.11. The van der Waals surface area contributed by atoms with Gasteiger partial charge in [0.1, 0.15) is 10.6 Å². The summed E-state index contributed by atoms with van der Waals surface area (Å²) in [6.07, 6.45) is 0.0341. The van der Waals surface area contributed by atoms with Crippen LogP contribution < -0.4 is 5.32 Å². The third-order valence-electron chi connectivity index (χ3n) is 4.29. The molecule has 0 saturated carbocycles. The minimum absolute atomic E-state index is 0.0341. The van der Waals surface area contributed by atoms with Gasteiger partial charge in [-0.05, 0) is 31.9 Å². The van der Waals surface area contributed by atoms with Gasteiger partial charge in [0.15, 0.2) is 10.8 Å². The minimum Gasteiger partial charge on any atom is -0.459 e. The van der Waals surface area contributed by atoms with Gasteiger partial charge in [-0.2, -0.15) is 0 Å². The molecule has 0 bridgehead atoms. The Labute approximate surface area is 158 Å². The number of carbonyl (C=O) groups excluding carboxylic acids is 1. The summed E-state index contributed by atoms with van der Waals surface area (Å²) in [4.78, 5) is 20.1. The predicted molar refractivity (Wildman–Crippen MR) is 103 cm³/mol. The summed E-state index contributed by atoms with van der Waals surface area (Å²) >= 11 is 1.36. The van der Waals surface area contributed by atoms with Crippen LogP contribution in [-0.2, 0) is 4.74 Å². The average molecular weight is 378 g/mol. The van der Waals surface area contributed by atoms with Gasteiger partial charge in [0.2, 0.25) is 0 Å². The van der Waals surface area contributed by atoms with Gasteiger partial charge in [0.25, 0.3) is 5.91 Å². The number of rotatable bonds is 6. The maximum Gasteiger partial charge on any atom is 0.263 e. The van der Waals surface area contributed by atoms with Crippen molar-refractivity contribution in [1.82, 2.24) is 15.2 Å². The number of thiazole rings is 1. The molecular formula is C19H27N3O3S. The molecule has 1 fully saturated rings. The largest absolute Gasteiger partial charge is 0.459 e. The zero-order valence-electron chi connectivity index (χ0n) is 15.9. The molecule has 0 radical (unpaired) electrons. The van der Waals surface area contributed by atoms with Crippen LogP contribution in [0.4, 0.5) is 0 Å². The van der Waals surface area contributed by atoms with E-state index in [1.807, 2.05) is 26.0 Å². The van der Waals surface area contributed by atoms with Crippen LogP contribution in [0, 0.1) is 19.8 Å². The summed E-state index contributed by atoms with van der Waals surface area (Å²) in [6.45, 7) is 12.3. The normalized spacial score (nSPS) is 18.4. The van der Waals surface area contributed by atoms with E-state index in [0.29, 0.717) is 23.1 Å². The van der Waals surface area contributed by atoms with E-state index in [-0.39, 0.29) is 12.0 Å². The first kappa shape index (κ1) is 19.1. The van der Waals surface area contributed by atoms with E-state index in [1.165, 1.54) is 11.3 Å². The Bertz CT molecular complexity index is 753. The average Bonchev–Trinajstić information content (AvgIpc) is 3.18. The molecule has 1 aliphatic heterocycles. The van der Waals surface area contributed by atoms with Gasteiger partial charge < -0.3 is 14.5 Å². The summed E-state index contributed by atoms with van der Waals surface area (Å²) in [5, 5.41) is 3.74. The summed E-state index contributed by atoms with van der Waals surface area (Å²) in [7, 11) is 0. The first-order chi connectivity index (χ1) is 12.4. The molecule has 7 heteroatoms. The fourth-order valence-corrected chi connectivity index (χ4v) is 4.08. The van der Waals surface area contributed by atoms with Crippen molar-refractivity contribution >= 4 is 17.2 Å². The second kappa shape index (κ2) is 8.33. The van der Waals surface area contributed by atoms with Gasteiger partial charge in [0, 0.05) is 26.2 Å². The lowest BCUT2D eigenvalue weighted by Gasteiger charge is -2.33. The van der Waals surface area contributed by atoms with E-state index in [4.69, 9.17) is 9.15 Å². The van der Waals surface area contributed by atoms with Crippen LogP contribution in [0.1, 0.15) is 35.0 Å². The number of hydrogen-bond donors (Lipinski definition) is 1. The molecule has 1 aliphatic rings. The molecule has 3 rings (SSSR count). The summed E-state index contributed by atoms with van der Waals surface area (Å²) in [5.41, 5.74) is 0.725. The molecule has 0 aliphatic carbocycles. The van der Waals surface area contributed by atoms with E-state index in [9.17, 15) is 4.79 Å². The molecular weight excluding hydrogens is 350 g/mol. The van der Waals surface area contributed by atoms with Crippen LogP contribution in [0.5, 0.6) is 0 Å². The lowest BCUT2D eigenvalue weighted by atomic mass is 10.2. The number of morpholine rings is 1. The highest BCUT2D eigenvalue weighted by Crippen LogP contribution is 2.29. The fraction of sp³-hybridized carbons (Fsp3) is 0.579. The lowest BCUT2D eigenvalue weighted by molar-refractivity contribution is -0.0295. The number of furan rings is 1. The van der Waals surface area contributed by atoms with Crippen molar-refractivity contribution in [2.24, 2.45) is 5.92 Å². The van der Waals surface area contributed by atoms with E-state index in [0.717, 1.165) is 42.7 Å². The van der Waals surface area contributed by atoms with Crippen molar-refractivity contribution in [3.8, 4) is 10.8 Å². The zero-order valence-corrected chi connectivity index (χ0v) is 16.7. The van der Waals surface area contributed by atoms with E-state index in [1.54, 1.807) is 0 Å². The van der Waals surface area contributed by atoms with E-state index in [2.05, 4.69) is 29.0 Å². The molecule has 0 aromatic carbocycles. The number of nitrogens with zero attached hydrogens (tertiary/aromatic N) is 2. The van der Waals surface area contributed by atoms with Crippen molar-refractivity contribution in [3.63, 3.8) is 0 Å². The third kappa shape index (κ3) is 4.72. The Balaban J connectivity index is 1.57. The first-order valence-corrected chi connectivity index (χ1v) is 9.90. The second-order valence-electron chi connectivity index (χ2n) is 7.20. The van der Waals surface area contributed by atoms with Gasteiger partial charge in [-0.1, -0.05) is 13.8 Å². The fourth-order valence-electron chi connectivity index (χ4n) is 3.13. The number of nitrogens with one attached hydrogen (secondary N) is 1. The van der Waals surface area contributed by atoms with Crippen molar-refractivity contribution < 1.29 is 13.9 Å². The number of amides is 1. The Hall–Kier alpha value is -1.70. The Morgan fingerprint density at radius 3 is 2.92 bits per heavy atom. The number of aryl methyl sites for hydroxylation is 2. The minimum atomic E-state index is -0.0980. The van der Waals surface area contributed by atoms with Gasteiger partial charge >= 0.3 is 0 Å². The van der Waals surface area contributed by atoms with E-state index >= 15 is 0 Å². The van der Waals surface area contributed by atoms with Crippen molar-refractivity contribution in [2.75, 3.05) is 32.8 Å². The Morgan fingerprint density at radius 1 is 1.42 bits per heavy atom. The second-order valence-corrected chi connectivity index (χ2v) is 8.20. The molecule has 3 heterocycles. The molecule has 1 saturated heterocycles. The molecule has 2 aromatic rings. The number of ether oxygens (including phenoxy) is 1. The lowest BCUT2D eigenvalue weighted by Crippen LogP contribution is -2.48. The van der Waals surface area contributed by atoms with Crippen LogP contribution in [0.2, 0.25) is 0 Å². The number of carbonyl (C=O) groups is 1. The Kier molecular flexibility index (Phi) is 6.11. The highest BCUT2D eigenvalue weighted by atomic mass is 32.1. The maximum absolute atomic E-state index is 12.6. The topological polar surface area (TPSA) is 67.6 Å². The van der Waals surface area contributed by atoms with E-state index < -0.39 is 0 Å².